The van der Waals surface area contributed by atoms with Gasteiger partial charge in [-0.05, 0) is 35.9 Å². The fraction of sp³-hybridized carbons (Fsp3) is 0. The number of ketones is 2. The lowest BCUT2D eigenvalue weighted by atomic mass is 10.1. The van der Waals surface area contributed by atoms with E-state index in [1.54, 1.807) is 11.3 Å². The summed E-state index contributed by atoms with van der Waals surface area (Å²) in [6, 6.07) is 15.6. The first-order chi connectivity index (χ1) is 13.5. The zero-order valence-electron chi connectivity index (χ0n) is 14.2. The number of thiophene rings is 2. The second kappa shape index (κ2) is 6.29. The molecular formula is C22H10F2O2S2. The van der Waals surface area contributed by atoms with Crippen molar-refractivity contribution in [2.75, 3.05) is 0 Å². The minimum absolute atomic E-state index is 0.0582. The molecule has 2 aromatic heterocycles. The molecule has 6 heteroatoms. The first-order valence-electron chi connectivity index (χ1n) is 8.40. The zero-order valence-corrected chi connectivity index (χ0v) is 15.8. The van der Waals surface area contributed by atoms with Crippen LogP contribution in [0.25, 0.3) is 25.9 Å². The zero-order chi connectivity index (χ0) is 19.4. The maximum absolute atomic E-state index is 13.4. The highest BCUT2D eigenvalue weighted by Crippen LogP contribution is 2.39. The third-order valence-corrected chi connectivity index (χ3v) is 6.90. The van der Waals surface area contributed by atoms with Crippen LogP contribution in [0.5, 0.6) is 0 Å². The molecule has 1 aliphatic rings. The van der Waals surface area contributed by atoms with Crippen LogP contribution in [0.15, 0.2) is 60.2 Å². The average Bonchev–Trinajstić information content (AvgIpc) is 3.31. The van der Waals surface area contributed by atoms with Gasteiger partial charge in [0.15, 0.2) is 23.2 Å². The van der Waals surface area contributed by atoms with Gasteiger partial charge in [0.1, 0.15) is 0 Å². The first kappa shape index (κ1) is 17.2. The molecule has 0 spiro atoms. The fourth-order valence-corrected chi connectivity index (χ4v) is 5.62. The van der Waals surface area contributed by atoms with Crippen LogP contribution in [0.3, 0.4) is 0 Å². The summed E-state index contributed by atoms with van der Waals surface area (Å²) < 4.78 is 29.0. The molecule has 28 heavy (non-hydrogen) atoms. The number of halogens is 2. The Hall–Kier alpha value is -2.96. The summed E-state index contributed by atoms with van der Waals surface area (Å²) in [4.78, 5) is 26.9. The molecule has 4 aromatic rings. The smallest absolute Gasteiger partial charge is 0.197 e. The predicted molar refractivity (Wildman–Crippen MR) is 108 cm³/mol. The van der Waals surface area contributed by atoms with E-state index >= 15 is 0 Å². The van der Waals surface area contributed by atoms with Crippen molar-refractivity contribution >= 4 is 49.7 Å². The molecule has 2 aromatic carbocycles. The maximum Gasteiger partial charge on any atom is 0.197 e. The minimum atomic E-state index is -1.13. The molecule has 0 unspecified atom stereocenters. The van der Waals surface area contributed by atoms with Crippen LogP contribution in [-0.2, 0) is 0 Å². The van der Waals surface area contributed by atoms with Crippen molar-refractivity contribution in [3.63, 3.8) is 0 Å². The van der Waals surface area contributed by atoms with Crippen LogP contribution in [-0.4, -0.2) is 11.6 Å². The highest BCUT2D eigenvalue weighted by Gasteiger charge is 2.34. The molecule has 0 fully saturated rings. The van der Waals surface area contributed by atoms with Crippen LogP contribution in [0.4, 0.5) is 8.78 Å². The lowest BCUT2D eigenvalue weighted by Crippen LogP contribution is -1.99. The lowest BCUT2D eigenvalue weighted by Gasteiger charge is -1.96. The number of Topliss-reactive ketones (excluding diaryl/α,β-unsaturated/α-hetero) is 2. The van der Waals surface area contributed by atoms with Gasteiger partial charge in [-0.3, -0.25) is 9.59 Å². The number of hydrogen-bond donors (Lipinski definition) is 0. The largest absolute Gasteiger partial charge is 0.288 e. The molecule has 0 N–H and O–H groups in total. The SMILES string of the molecule is O=C1C(=Cc2cc3sc(-c4ccccc4)cc3s2)C(=O)c2cc(F)c(F)cc21. The first-order valence-corrected chi connectivity index (χ1v) is 10.0. The van der Waals surface area contributed by atoms with Crippen molar-refractivity contribution in [3.05, 3.63) is 87.8 Å². The van der Waals surface area contributed by atoms with Gasteiger partial charge in [-0.25, -0.2) is 8.78 Å². The molecule has 0 atom stereocenters. The molecular weight excluding hydrogens is 398 g/mol. The molecule has 0 aliphatic heterocycles. The molecule has 0 bridgehead atoms. The van der Waals surface area contributed by atoms with Gasteiger partial charge in [0.2, 0.25) is 0 Å². The van der Waals surface area contributed by atoms with Crippen molar-refractivity contribution in [2.24, 2.45) is 0 Å². The molecule has 0 saturated carbocycles. The topological polar surface area (TPSA) is 34.1 Å². The van der Waals surface area contributed by atoms with Gasteiger partial charge in [-0.15, -0.1) is 22.7 Å². The standard InChI is InChI=1S/C22H10F2O2S2/c23-16-8-13-14(9-17(16)24)22(26)15(21(13)25)6-12-7-19-20(27-12)10-18(28-19)11-4-2-1-3-5-11/h1-10H. The molecule has 0 amide bonds. The number of fused-ring (bicyclic) bond motifs is 2. The van der Waals surface area contributed by atoms with Crippen molar-refractivity contribution in [3.8, 4) is 10.4 Å². The summed E-state index contributed by atoms with van der Waals surface area (Å²) in [6.07, 6.45) is 1.51. The third kappa shape index (κ3) is 2.65. The van der Waals surface area contributed by atoms with Gasteiger partial charge < -0.3 is 0 Å². The minimum Gasteiger partial charge on any atom is -0.288 e. The molecule has 2 nitrogen and oxygen atoms in total. The Morgan fingerprint density at radius 1 is 0.750 bits per heavy atom. The Morgan fingerprint density at radius 2 is 1.36 bits per heavy atom. The monoisotopic (exact) mass is 408 g/mol. The van der Waals surface area contributed by atoms with Gasteiger partial charge in [-0.1, -0.05) is 30.3 Å². The van der Waals surface area contributed by atoms with Gasteiger partial charge >= 0.3 is 0 Å². The third-order valence-electron chi connectivity index (χ3n) is 4.61. The van der Waals surface area contributed by atoms with Crippen molar-refractivity contribution < 1.29 is 18.4 Å². The normalized spacial score (nSPS) is 13.4. The second-order valence-electron chi connectivity index (χ2n) is 6.38. The Morgan fingerprint density at radius 3 is 1.96 bits per heavy atom. The number of rotatable bonds is 2. The summed E-state index contributed by atoms with van der Waals surface area (Å²) in [6.45, 7) is 0. The van der Waals surface area contributed by atoms with E-state index in [1.165, 1.54) is 17.4 Å². The van der Waals surface area contributed by atoms with Crippen LogP contribution in [0.1, 0.15) is 25.6 Å². The van der Waals surface area contributed by atoms with E-state index in [1.807, 2.05) is 36.4 Å². The summed E-state index contributed by atoms with van der Waals surface area (Å²) in [5.74, 6) is -3.40. The average molecular weight is 408 g/mol. The second-order valence-corrected chi connectivity index (χ2v) is 8.58. The summed E-state index contributed by atoms with van der Waals surface area (Å²) >= 11 is 3.10. The molecule has 5 rings (SSSR count). The van der Waals surface area contributed by atoms with Crippen molar-refractivity contribution in [1.82, 2.24) is 0 Å². The van der Waals surface area contributed by atoms with Crippen molar-refractivity contribution in [2.45, 2.75) is 0 Å². The summed E-state index contributed by atoms with van der Waals surface area (Å²) in [7, 11) is 0. The molecule has 0 radical (unpaired) electrons. The van der Waals surface area contributed by atoms with Gasteiger partial charge in [-0.2, -0.15) is 0 Å². The van der Waals surface area contributed by atoms with Gasteiger partial charge in [0, 0.05) is 30.3 Å². The van der Waals surface area contributed by atoms with Gasteiger partial charge in [0.05, 0.1) is 5.57 Å². The molecule has 1 aliphatic carbocycles. The summed E-state index contributed by atoms with van der Waals surface area (Å²) in [5, 5.41) is 0. The van der Waals surface area contributed by atoms with E-state index in [-0.39, 0.29) is 16.7 Å². The Bertz CT molecular complexity index is 1240. The summed E-state index contributed by atoms with van der Waals surface area (Å²) in [5.41, 5.74) is 0.911. The molecule has 136 valence electrons. The molecule has 0 saturated heterocycles. The molecule has 2 heterocycles. The predicted octanol–water partition coefficient (Wildman–Crippen LogP) is 6.37. The highest BCUT2D eigenvalue weighted by molar-refractivity contribution is 7.29. The van der Waals surface area contributed by atoms with E-state index in [2.05, 4.69) is 6.07 Å². The van der Waals surface area contributed by atoms with Crippen LogP contribution in [0.2, 0.25) is 0 Å². The van der Waals surface area contributed by atoms with E-state index < -0.39 is 23.2 Å². The number of benzene rings is 2. The number of carbonyl (C=O) groups is 2. The Labute approximate surface area is 166 Å². The fourth-order valence-electron chi connectivity index (χ4n) is 3.26. The van der Waals surface area contributed by atoms with Crippen LogP contribution < -0.4 is 0 Å². The number of carbonyl (C=O) groups excluding carboxylic acids is 2. The van der Waals surface area contributed by atoms with Crippen LogP contribution >= 0.6 is 22.7 Å². The van der Waals surface area contributed by atoms with Gasteiger partial charge in [0.25, 0.3) is 0 Å². The Balaban J connectivity index is 1.53. The lowest BCUT2D eigenvalue weighted by molar-refractivity contribution is 0.0990. The van der Waals surface area contributed by atoms with Crippen LogP contribution in [0, 0.1) is 11.6 Å². The number of hydrogen-bond acceptors (Lipinski definition) is 4. The quantitative estimate of drug-likeness (QED) is 0.285. The number of allylic oxidation sites excluding steroid dienone is 1. The van der Waals surface area contributed by atoms with E-state index in [9.17, 15) is 18.4 Å². The maximum atomic E-state index is 13.4. The van der Waals surface area contributed by atoms with Crippen molar-refractivity contribution in [1.29, 1.82) is 0 Å². The Kier molecular flexibility index (Phi) is 3.86. The van der Waals surface area contributed by atoms with E-state index in [4.69, 9.17) is 0 Å². The van der Waals surface area contributed by atoms with E-state index in [0.29, 0.717) is 0 Å². The highest BCUT2D eigenvalue weighted by atomic mass is 32.1. The van der Waals surface area contributed by atoms with E-state index in [0.717, 1.165) is 36.9 Å².